The Balaban J connectivity index is 1.54. The van der Waals surface area contributed by atoms with Crippen LogP contribution in [0, 0.1) is 11.8 Å². The molecule has 2 saturated heterocycles. The molecular formula is C20H35N3O9P2S. The van der Waals surface area contributed by atoms with Crippen molar-refractivity contribution in [2.24, 2.45) is 11.8 Å². The second kappa shape index (κ2) is 13.8. The van der Waals surface area contributed by atoms with Crippen LogP contribution in [0.5, 0.6) is 0 Å². The van der Waals surface area contributed by atoms with Crippen LogP contribution in [0.15, 0.2) is 24.5 Å². The lowest BCUT2D eigenvalue weighted by molar-refractivity contribution is -0.121. The summed E-state index contributed by atoms with van der Waals surface area (Å²) in [7, 11) is -10.0. The van der Waals surface area contributed by atoms with Crippen molar-refractivity contribution in [3.05, 3.63) is 24.5 Å². The molecule has 2 aliphatic rings. The Morgan fingerprint density at radius 3 is 2.66 bits per heavy atom. The standard InChI is InChI=1S/C20H35N3O9P2S/c1-14(10-11-31-34(29,30)32-33(26,27)28)6-5-7-15(2)12-21-18(24)9-4-3-8-17-19-16(13-35-17)22-20(25)23-19/h5,7,10-11,14-17,19H,3-4,6,8-9,12-13H2,1-2H3,(H,21,24)(H,29,30)(H2,22,23,25)(H2,26,27,28)/b7-5+,11-10+/t14?,15?,16-,17-,19-/m0/s1. The maximum Gasteiger partial charge on any atom is 0.535 e. The van der Waals surface area contributed by atoms with Crippen LogP contribution in [0.1, 0.15) is 46.0 Å². The summed E-state index contributed by atoms with van der Waals surface area (Å²) in [5.74, 6) is 0.982. The minimum absolute atomic E-state index is 0.0115. The van der Waals surface area contributed by atoms with Crippen LogP contribution < -0.4 is 16.0 Å². The Morgan fingerprint density at radius 1 is 1.20 bits per heavy atom. The summed E-state index contributed by atoms with van der Waals surface area (Å²) in [5.41, 5.74) is 0. The molecule has 2 fully saturated rings. The van der Waals surface area contributed by atoms with Crippen LogP contribution in [0.4, 0.5) is 4.79 Å². The zero-order valence-electron chi connectivity index (χ0n) is 19.7. The molecule has 3 unspecified atom stereocenters. The van der Waals surface area contributed by atoms with Gasteiger partial charge in [-0.3, -0.25) is 9.69 Å². The second-order valence-electron chi connectivity index (χ2n) is 8.76. The van der Waals surface area contributed by atoms with Crippen molar-refractivity contribution in [1.29, 1.82) is 0 Å². The number of allylic oxidation sites excluding steroid dienone is 2. The monoisotopic (exact) mass is 555 g/mol. The van der Waals surface area contributed by atoms with Crippen LogP contribution in [-0.4, -0.2) is 56.2 Å². The van der Waals surface area contributed by atoms with Gasteiger partial charge in [0, 0.05) is 24.0 Å². The number of phosphoric ester groups is 1. The largest absolute Gasteiger partial charge is 0.535 e. The van der Waals surface area contributed by atoms with Gasteiger partial charge in [0.05, 0.1) is 18.3 Å². The van der Waals surface area contributed by atoms with Crippen molar-refractivity contribution in [3.63, 3.8) is 0 Å². The summed E-state index contributed by atoms with van der Waals surface area (Å²) < 4.78 is 30.0. The van der Waals surface area contributed by atoms with Gasteiger partial charge in [0.2, 0.25) is 5.91 Å². The van der Waals surface area contributed by atoms with Gasteiger partial charge in [-0.25, -0.2) is 13.9 Å². The second-order valence-corrected chi connectivity index (χ2v) is 12.8. The molecule has 0 aromatic heterocycles. The first-order valence-electron chi connectivity index (χ1n) is 11.4. The molecule has 0 aromatic carbocycles. The van der Waals surface area contributed by atoms with Crippen LogP contribution in [-0.2, 0) is 22.8 Å². The normalized spacial score (nSPS) is 25.6. The molecule has 0 bridgehead atoms. The maximum absolute atomic E-state index is 12.1. The van der Waals surface area contributed by atoms with Crippen molar-refractivity contribution >= 4 is 39.3 Å². The van der Waals surface area contributed by atoms with Gasteiger partial charge in [-0.2, -0.15) is 16.1 Å². The third kappa shape index (κ3) is 12.0. The van der Waals surface area contributed by atoms with E-state index in [9.17, 15) is 23.6 Å². The molecule has 6 atom stereocenters. The fourth-order valence-corrected chi connectivity index (χ4v) is 6.71. The fourth-order valence-electron chi connectivity index (χ4n) is 3.71. The van der Waals surface area contributed by atoms with Gasteiger partial charge >= 0.3 is 21.7 Å². The smallest absolute Gasteiger partial charge is 0.412 e. The number of carbonyl (C=O) groups is 2. The first kappa shape index (κ1) is 29.9. The van der Waals surface area contributed by atoms with Crippen LogP contribution >= 0.6 is 27.4 Å². The highest BCUT2D eigenvalue weighted by Crippen LogP contribution is 2.57. The fraction of sp³-hybridized carbons (Fsp3) is 0.700. The topological polar surface area (TPSA) is 184 Å². The molecular weight excluding hydrogens is 520 g/mol. The van der Waals surface area contributed by atoms with Gasteiger partial charge < -0.3 is 30.3 Å². The number of unbranched alkanes of at least 4 members (excludes halogenated alkanes) is 1. The van der Waals surface area contributed by atoms with E-state index in [0.717, 1.165) is 31.3 Å². The van der Waals surface area contributed by atoms with Crippen molar-refractivity contribution < 1.29 is 42.2 Å². The van der Waals surface area contributed by atoms with E-state index in [0.29, 0.717) is 24.6 Å². The van der Waals surface area contributed by atoms with Gasteiger partial charge in [0.1, 0.15) is 0 Å². The average molecular weight is 556 g/mol. The molecule has 2 heterocycles. The van der Waals surface area contributed by atoms with E-state index in [1.165, 1.54) is 6.08 Å². The Morgan fingerprint density at radius 2 is 1.94 bits per heavy atom. The number of nitrogens with one attached hydrogen (secondary N) is 3. The Hall–Kier alpha value is -1.33. The summed E-state index contributed by atoms with van der Waals surface area (Å²) >= 11 is 1.87. The number of thioether (sulfide) groups is 1. The number of hydrogen-bond acceptors (Lipinski definition) is 7. The van der Waals surface area contributed by atoms with E-state index in [2.05, 4.69) is 24.8 Å². The summed E-state index contributed by atoms with van der Waals surface area (Å²) in [5, 5.41) is 9.23. The van der Waals surface area contributed by atoms with Crippen molar-refractivity contribution in [2.45, 2.75) is 63.3 Å². The number of urea groups is 1. The predicted octanol–water partition coefficient (Wildman–Crippen LogP) is 2.79. The summed E-state index contributed by atoms with van der Waals surface area (Å²) in [6.45, 7) is 4.31. The molecule has 0 spiro atoms. The average Bonchev–Trinajstić information content (AvgIpc) is 3.27. The lowest BCUT2D eigenvalue weighted by Crippen LogP contribution is -2.36. The summed E-state index contributed by atoms with van der Waals surface area (Å²) in [6.07, 6.45) is 9.98. The summed E-state index contributed by atoms with van der Waals surface area (Å²) in [4.78, 5) is 49.8. The molecule has 3 amide bonds. The number of rotatable bonds is 15. The Kier molecular flexibility index (Phi) is 11.8. The Bertz CT molecular complexity index is 882. The molecule has 0 radical (unpaired) electrons. The van der Waals surface area contributed by atoms with Crippen molar-refractivity contribution in [3.8, 4) is 0 Å². The third-order valence-electron chi connectivity index (χ3n) is 5.49. The Labute approximate surface area is 209 Å². The molecule has 12 nitrogen and oxygen atoms in total. The molecule has 35 heavy (non-hydrogen) atoms. The van der Waals surface area contributed by atoms with Gasteiger partial charge in [0.15, 0.2) is 0 Å². The van der Waals surface area contributed by atoms with E-state index in [1.807, 2.05) is 37.8 Å². The predicted molar refractivity (Wildman–Crippen MR) is 132 cm³/mol. The first-order valence-corrected chi connectivity index (χ1v) is 15.5. The molecule has 15 heteroatoms. The van der Waals surface area contributed by atoms with Crippen LogP contribution in [0.2, 0.25) is 0 Å². The number of amides is 3. The van der Waals surface area contributed by atoms with Gasteiger partial charge in [-0.1, -0.05) is 32.4 Å². The molecule has 2 rings (SSSR count). The molecule has 2 aliphatic heterocycles. The highest BCUT2D eigenvalue weighted by atomic mass is 32.2. The summed E-state index contributed by atoms with van der Waals surface area (Å²) in [6, 6.07) is 0.326. The third-order valence-corrected chi connectivity index (χ3v) is 9.06. The van der Waals surface area contributed by atoms with E-state index in [1.54, 1.807) is 0 Å². The SMILES string of the molecule is CC(/C=C/OP(=O)(O)OP(=O)(O)O)C/C=C/C(C)CNC(=O)CCCC[C@@H]1SC[C@@H]2NC(=O)N[C@@H]21. The maximum atomic E-state index is 12.1. The lowest BCUT2D eigenvalue weighted by atomic mass is 10.0. The van der Waals surface area contributed by atoms with E-state index in [-0.39, 0.29) is 35.9 Å². The van der Waals surface area contributed by atoms with E-state index in [4.69, 9.17) is 9.79 Å². The van der Waals surface area contributed by atoms with Crippen LogP contribution in [0.3, 0.4) is 0 Å². The van der Waals surface area contributed by atoms with Crippen molar-refractivity contribution in [1.82, 2.24) is 16.0 Å². The zero-order valence-corrected chi connectivity index (χ0v) is 22.3. The van der Waals surface area contributed by atoms with Gasteiger partial charge in [-0.05, 0) is 37.2 Å². The highest BCUT2D eigenvalue weighted by molar-refractivity contribution is 8.00. The quantitative estimate of drug-likeness (QED) is 0.0577. The van der Waals surface area contributed by atoms with Gasteiger partial charge in [0.25, 0.3) is 0 Å². The lowest BCUT2D eigenvalue weighted by Gasteiger charge is -2.16. The molecule has 0 aliphatic carbocycles. The van der Waals surface area contributed by atoms with Crippen molar-refractivity contribution in [2.75, 3.05) is 12.3 Å². The molecule has 200 valence electrons. The van der Waals surface area contributed by atoms with E-state index < -0.39 is 15.6 Å². The zero-order chi connectivity index (χ0) is 26.1. The first-order chi connectivity index (χ1) is 16.3. The molecule has 0 saturated carbocycles. The van der Waals surface area contributed by atoms with E-state index >= 15 is 0 Å². The van der Waals surface area contributed by atoms with Gasteiger partial charge in [-0.15, -0.1) is 0 Å². The number of fused-ring (bicyclic) bond motifs is 1. The highest BCUT2D eigenvalue weighted by Gasteiger charge is 2.42. The number of hydrogen-bond donors (Lipinski definition) is 6. The number of phosphoric acid groups is 2. The minimum Gasteiger partial charge on any atom is -0.412 e. The minimum atomic E-state index is -5.14. The van der Waals surface area contributed by atoms with Crippen LogP contribution in [0.25, 0.3) is 0 Å². The molecule has 0 aromatic rings. The molecule has 6 N–H and O–H groups in total. The number of carbonyl (C=O) groups excluding carboxylic acids is 2.